The van der Waals surface area contributed by atoms with Crippen molar-refractivity contribution in [3.05, 3.63) is 215 Å². The van der Waals surface area contributed by atoms with Crippen molar-refractivity contribution in [1.82, 2.24) is 0 Å². The Labute approximate surface area is 499 Å². The fourth-order valence-corrected chi connectivity index (χ4v) is 12.0. The van der Waals surface area contributed by atoms with Gasteiger partial charge in [-0.05, 0) is 34.7 Å². The summed E-state index contributed by atoms with van der Waals surface area (Å²) in [4.78, 5) is 0. The van der Waals surface area contributed by atoms with Crippen LogP contribution in [-0.2, 0) is 104 Å². The average Bonchev–Trinajstić information content (AvgIpc) is 2.53. The molecule has 5 aliphatic rings. The van der Waals surface area contributed by atoms with Crippen molar-refractivity contribution >= 4 is 5.90 Å². The molecule has 5 fully saturated rings. The highest BCUT2D eigenvalue weighted by atomic mass is 16.9. The van der Waals surface area contributed by atoms with Gasteiger partial charge in [-0.1, -0.05) is 203 Å². The molecule has 5 aliphatic heterocycles. The summed E-state index contributed by atoms with van der Waals surface area (Å²) >= 11 is 0. The maximum absolute atomic E-state index is 8.46. The lowest BCUT2D eigenvalue weighted by molar-refractivity contribution is -0.376. The largest absolute Gasteiger partial charge is 0.452 e. The fourth-order valence-electron chi connectivity index (χ4n) is 12.0. The van der Waals surface area contributed by atoms with Crippen molar-refractivity contribution in [2.75, 3.05) is 33.0 Å². The Morgan fingerprint density at radius 2 is 0.988 bits per heavy atom. The van der Waals surface area contributed by atoms with E-state index < -0.39 is 97.2 Å². The highest BCUT2D eigenvalue weighted by Gasteiger charge is 2.69. The summed E-state index contributed by atoms with van der Waals surface area (Å²) in [6.07, 6.45) is -9.21. The maximum atomic E-state index is 8.46. The Morgan fingerprint density at radius 1 is 0.494 bits per heavy atom. The summed E-state index contributed by atoms with van der Waals surface area (Å²) < 4.78 is 103. The number of ether oxygens (including phenoxy) is 15. The molecule has 5 heterocycles. The van der Waals surface area contributed by atoms with E-state index in [9.17, 15) is 0 Å². The van der Waals surface area contributed by atoms with E-state index in [4.69, 9.17) is 76.5 Å². The minimum absolute atomic E-state index is 0.00347. The number of nitrogens with one attached hydrogen (secondary N) is 1. The number of hydrogen-bond acceptors (Lipinski definition) is 16. The first-order valence-corrected chi connectivity index (χ1v) is 29.8. The van der Waals surface area contributed by atoms with Gasteiger partial charge in [0.25, 0.3) is 0 Å². The number of fused-ring (bicyclic) bond motifs is 1. The number of benzene rings is 6. The molecule has 6 unspecified atom stereocenters. The van der Waals surface area contributed by atoms with Gasteiger partial charge >= 0.3 is 0 Å². The molecule has 6 aromatic carbocycles. The van der Waals surface area contributed by atoms with Crippen LogP contribution in [0.3, 0.4) is 0 Å². The van der Waals surface area contributed by atoms with Crippen molar-refractivity contribution in [3.8, 4) is 0 Å². The average molecular weight is 1160 g/mol. The molecule has 11 rings (SSSR count). The minimum atomic E-state index is -1.45. The summed E-state index contributed by atoms with van der Waals surface area (Å²) in [6.45, 7) is 11.9. The van der Waals surface area contributed by atoms with Crippen LogP contribution in [0.4, 0.5) is 0 Å². The molecule has 452 valence electrons. The molecule has 0 bridgehead atoms. The van der Waals surface area contributed by atoms with E-state index in [0.717, 1.165) is 33.4 Å². The monoisotopic (exact) mass is 1160 g/mol. The van der Waals surface area contributed by atoms with Gasteiger partial charge in [-0.3, -0.25) is 5.41 Å². The number of rotatable bonds is 25. The van der Waals surface area contributed by atoms with Crippen molar-refractivity contribution < 1.29 is 71.1 Å². The van der Waals surface area contributed by atoms with Gasteiger partial charge in [0.2, 0.25) is 12.1 Å². The summed E-state index contributed by atoms with van der Waals surface area (Å²) in [5.41, 5.74) is 4.66. The molecule has 0 aliphatic carbocycles. The third kappa shape index (κ3) is 14.8. The van der Waals surface area contributed by atoms with Gasteiger partial charge in [0, 0.05) is 30.2 Å². The topological polar surface area (TPSA) is 162 Å². The molecule has 85 heavy (non-hydrogen) atoms. The second kappa shape index (κ2) is 28.8. The van der Waals surface area contributed by atoms with Crippen molar-refractivity contribution in [2.24, 2.45) is 17.8 Å². The van der Waals surface area contributed by atoms with E-state index in [1.54, 1.807) is 6.92 Å². The predicted molar refractivity (Wildman–Crippen MR) is 314 cm³/mol. The van der Waals surface area contributed by atoms with Crippen LogP contribution < -0.4 is 0 Å². The molecular formula is C69H81NO15. The smallest absolute Gasteiger partial charge is 0.229 e. The summed E-state index contributed by atoms with van der Waals surface area (Å²) in [5, 5.41) is 8.46. The first kappa shape index (κ1) is 60.9. The van der Waals surface area contributed by atoms with Crippen LogP contribution >= 0.6 is 0 Å². The molecule has 5 saturated heterocycles. The van der Waals surface area contributed by atoms with Crippen LogP contribution in [0.2, 0.25) is 0 Å². The normalized spacial score (nSPS) is 32.8. The van der Waals surface area contributed by atoms with Gasteiger partial charge < -0.3 is 71.1 Å². The molecule has 0 amide bonds. The zero-order valence-corrected chi connectivity index (χ0v) is 49.2. The van der Waals surface area contributed by atoms with Gasteiger partial charge in [0.1, 0.15) is 31.0 Å². The first-order chi connectivity index (χ1) is 41.5. The van der Waals surface area contributed by atoms with Gasteiger partial charge in [-0.25, -0.2) is 0 Å². The molecule has 16 nitrogen and oxygen atoms in total. The second-order valence-electron chi connectivity index (χ2n) is 23.1. The molecule has 17 atom stereocenters. The van der Waals surface area contributed by atoms with E-state index in [1.165, 1.54) is 0 Å². The van der Waals surface area contributed by atoms with E-state index >= 15 is 0 Å². The molecule has 0 aromatic heterocycles. The van der Waals surface area contributed by atoms with Gasteiger partial charge in [0.05, 0.1) is 83.9 Å². The van der Waals surface area contributed by atoms with E-state index in [0.29, 0.717) is 26.4 Å². The Kier molecular flexibility index (Phi) is 20.7. The molecule has 0 radical (unpaired) electrons. The third-order valence-corrected chi connectivity index (χ3v) is 16.6. The lowest BCUT2D eigenvalue weighted by Gasteiger charge is -2.51. The molecule has 0 saturated carbocycles. The van der Waals surface area contributed by atoms with Crippen molar-refractivity contribution in [1.29, 1.82) is 5.41 Å². The standard InChI is InChI=1S/C69H81NO15/c1-46-36-77-67(63(76-41-55-32-20-10-21-33-55)58(46)83-69-45-73-44-68(69,43-72-38-52-26-14-7-15-27-52)84-66(85-69)56-34-22-11-23-35-56)82-61-49(4)78-64(79-50(5)70)48(3)60(61)81-65-47(2)59(74-39-53-28-16-8-17-29-53)62(75-40-54-30-18-9-19-31-54)57(80-65)42-71-37-51-24-12-6-13-25-51/h6-35,46-49,57-67,70H,36-45H2,1-5H3/t46-,47-,48+,49?,57?,58?,59?,60?,61+,62-,63-,64+,65+,66-,67+,68+,69?/m1/s1. The highest BCUT2D eigenvalue weighted by molar-refractivity contribution is 5.69. The van der Waals surface area contributed by atoms with Crippen LogP contribution in [0.5, 0.6) is 0 Å². The van der Waals surface area contributed by atoms with E-state index in [2.05, 4.69) is 13.8 Å². The number of hydrogen-bond donors (Lipinski definition) is 1. The predicted octanol–water partition coefficient (Wildman–Crippen LogP) is 11.3. The Balaban J connectivity index is 0.907. The molecule has 0 spiro atoms. The highest BCUT2D eigenvalue weighted by Crippen LogP contribution is 2.52. The first-order valence-electron chi connectivity index (χ1n) is 29.8. The summed E-state index contributed by atoms with van der Waals surface area (Å²) in [5.74, 6) is -2.64. The maximum Gasteiger partial charge on any atom is 0.229 e. The van der Waals surface area contributed by atoms with Crippen LogP contribution in [0.1, 0.15) is 74.3 Å². The molecule has 16 heteroatoms. The SMILES string of the molecule is CC(=N)O[C@@H]1OC(C)[C@H](O[C@@H]2OC[C@@H](C)C(OC34COC[C@]3(COCc3ccccc3)O[C@@H](c3ccccc3)O4)[C@H]2OCc2ccccc2)C(O[C@@H]2OC(COCc3ccccc3)[C@@H](OCc3ccccc3)C(OCc3ccccc3)[C@H]2C)[C@@H]1C. The Hall–Kier alpha value is -5.77. The third-order valence-electron chi connectivity index (χ3n) is 16.6. The quantitative estimate of drug-likeness (QED) is 0.0425. The van der Waals surface area contributed by atoms with Crippen LogP contribution in [0.15, 0.2) is 182 Å². The lowest BCUT2D eigenvalue weighted by atomic mass is 9.89. The van der Waals surface area contributed by atoms with Gasteiger partial charge in [0.15, 0.2) is 30.4 Å². The zero-order valence-electron chi connectivity index (χ0n) is 49.2. The van der Waals surface area contributed by atoms with Gasteiger partial charge in [-0.2, -0.15) is 0 Å². The Morgan fingerprint density at radius 3 is 1.55 bits per heavy atom. The van der Waals surface area contributed by atoms with Crippen LogP contribution in [-0.4, -0.2) is 118 Å². The molecule has 6 aromatic rings. The van der Waals surface area contributed by atoms with Crippen molar-refractivity contribution in [3.63, 3.8) is 0 Å². The van der Waals surface area contributed by atoms with Gasteiger partial charge in [-0.15, -0.1) is 0 Å². The van der Waals surface area contributed by atoms with E-state index in [1.807, 2.05) is 196 Å². The fraction of sp³-hybridized carbons (Fsp3) is 0.464. The Bertz CT molecular complexity index is 2960. The summed E-state index contributed by atoms with van der Waals surface area (Å²) in [7, 11) is 0. The minimum Gasteiger partial charge on any atom is -0.452 e. The van der Waals surface area contributed by atoms with Crippen LogP contribution in [0.25, 0.3) is 0 Å². The van der Waals surface area contributed by atoms with E-state index in [-0.39, 0.29) is 51.5 Å². The second-order valence-corrected chi connectivity index (χ2v) is 23.1. The van der Waals surface area contributed by atoms with Crippen molar-refractivity contribution in [2.45, 2.75) is 153 Å². The van der Waals surface area contributed by atoms with Crippen LogP contribution in [0, 0.1) is 23.2 Å². The molecular weight excluding hydrogens is 1080 g/mol. The zero-order chi connectivity index (χ0) is 58.6. The molecule has 1 N–H and O–H groups in total. The summed E-state index contributed by atoms with van der Waals surface area (Å²) in [6, 6.07) is 60.0. The lowest BCUT2D eigenvalue weighted by Crippen LogP contribution is -2.64.